The second kappa shape index (κ2) is 35.1. The number of nitriles is 2. The summed E-state index contributed by atoms with van der Waals surface area (Å²) in [6.45, 7) is 26.1. The third-order valence-corrected chi connectivity index (χ3v) is 24.9. The van der Waals surface area contributed by atoms with Gasteiger partial charge in [-0.3, -0.25) is 0 Å². The lowest BCUT2D eigenvalue weighted by atomic mass is 9.98. The first-order valence-corrected chi connectivity index (χ1v) is 44.5. The molecule has 0 aliphatic heterocycles. The van der Waals surface area contributed by atoms with Gasteiger partial charge >= 0.3 is 0 Å². The highest BCUT2D eigenvalue weighted by atomic mass is 15.0. The lowest BCUT2D eigenvalue weighted by molar-refractivity contribution is 1.15. The molecule has 0 amide bonds. The Balaban J connectivity index is 0.000000122. The van der Waals surface area contributed by atoms with Crippen molar-refractivity contribution in [2.75, 3.05) is 0 Å². The predicted octanol–water partition coefficient (Wildman–Crippen LogP) is 32.9. The summed E-state index contributed by atoms with van der Waals surface area (Å²) in [6, 6.07) is 146. The Morgan fingerprint density at radius 2 is 0.473 bits per heavy atom. The molecule has 24 aromatic rings. The van der Waals surface area contributed by atoms with Crippen molar-refractivity contribution in [2.45, 2.75) is 62.3 Å². The Morgan fingerprint density at radius 1 is 0.209 bits per heavy atom. The van der Waals surface area contributed by atoms with Gasteiger partial charge in [0.1, 0.15) is 6.07 Å². The Bertz CT molecular complexity index is 8440. The van der Waals surface area contributed by atoms with Crippen LogP contribution in [0.4, 0.5) is 5.69 Å². The zero-order valence-electron chi connectivity index (χ0n) is 73.6. The second-order valence-corrected chi connectivity index (χ2v) is 31.8. The van der Waals surface area contributed by atoms with Crippen molar-refractivity contribution >= 4 is 137 Å². The fourth-order valence-corrected chi connectivity index (χ4v) is 19.2. The van der Waals surface area contributed by atoms with Crippen molar-refractivity contribution in [3.05, 3.63) is 440 Å². The number of hydrogen-bond donors (Lipinski definition) is 0. The van der Waals surface area contributed by atoms with E-state index in [1.54, 1.807) is 0 Å². The summed E-state index contributed by atoms with van der Waals surface area (Å²) in [5.74, 6) is 0. The van der Waals surface area contributed by atoms with E-state index in [2.05, 4.69) is 441 Å². The van der Waals surface area contributed by atoms with Gasteiger partial charge in [0.25, 0.3) is 0 Å². The third-order valence-electron chi connectivity index (χ3n) is 24.9. The van der Waals surface area contributed by atoms with Crippen LogP contribution in [0.15, 0.2) is 400 Å². The Labute approximate surface area is 751 Å². The summed E-state index contributed by atoms with van der Waals surface area (Å²) >= 11 is 0. The molecule has 0 saturated carbocycles. The maximum absolute atomic E-state index is 10.3. The molecule has 0 atom stereocenters. The molecule has 6 heterocycles. The van der Waals surface area contributed by atoms with Gasteiger partial charge in [-0.15, -0.1) is 0 Å². The van der Waals surface area contributed by atoms with E-state index in [4.69, 9.17) is 6.57 Å². The summed E-state index contributed by atoms with van der Waals surface area (Å²) in [5.41, 5.74) is 32.4. The summed E-state index contributed by atoms with van der Waals surface area (Å²) < 4.78 is 13.8. The van der Waals surface area contributed by atoms with Gasteiger partial charge in [-0.2, -0.15) is 10.5 Å². The fourth-order valence-electron chi connectivity index (χ4n) is 19.2. The maximum Gasteiger partial charge on any atom is 0.188 e. The largest absolute Gasteiger partial charge is 0.309 e. The highest BCUT2D eigenvalue weighted by molar-refractivity contribution is 6.16. The van der Waals surface area contributed by atoms with Crippen LogP contribution in [-0.2, 0) is 0 Å². The molecular formula is C120H93N9. The first kappa shape index (κ1) is 81.9. The van der Waals surface area contributed by atoms with Gasteiger partial charge in [0.05, 0.1) is 95.7 Å². The van der Waals surface area contributed by atoms with Gasteiger partial charge < -0.3 is 27.4 Å². The number of nitrogens with zero attached hydrogens (tertiary/aromatic N) is 9. The van der Waals surface area contributed by atoms with Crippen LogP contribution in [0, 0.1) is 50.0 Å². The number of aryl methyl sites for hydroxylation is 3. The minimum Gasteiger partial charge on any atom is -0.309 e. The smallest absolute Gasteiger partial charge is 0.188 e. The number of fused-ring (bicyclic) bond motifs is 18. The van der Waals surface area contributed by atoms with E-state index in [1.165, 1.54) is 110 Å². The minimum absolute atomic E-state index is 0.649. The van der Waals surface area contributed by atoms with E-state index in [-0.39, 0.29) is 0 Å². The van der Waals surface area contributed by atoms with Crippen LogP contribution < -0.4 is 0 Å². The summed E-state index contributed by atoms with van der Waals surface area (Å²) in [6.07, 6.45) is 0. The molecule has 9 heteroatoms. The molecule has 6 aromatic heterocycles. The molecule has 0 bridgehead atoms. The van der Waals surface area contributed by atoms with Gasteiger partial charge in [-0.1, -0.05) is 290 Å². The van der Waals surface area contributed by atoms with E-state index in [0.717, 1.165) is 106 Å². The summed E-state index contributed by atoms with van der Waals surface area (Å²) in [4.78, 5) is 3.72. The molecular weight excluding hydrogens is 1570 g/mol. The molecule has 0 aliphatic carbocycles. The molecule has 618 valence electrons. The Hall–Kier alpha value is -16.8. The second-order valence-electron chi connectivity index (χ2n) is 31.8. The van der Waals surface area contributed by atoms with Gasteiger partial charge in [0, 0.05) is 87.7 Å². The lowest BCUT2D eigenvalue weighted by Gasteiger charge is -2.13. The first-order chi connectivity index (χ1) is 63.7. The molecule has 129 heavy (non-hydrogen) atoms. The Kier molecular flexibility index (Phi) is 22.3. The van der Waals surface area contributed by atoms with Crippen LogP contribution in [0.5, 0.6) is 0 Å². The molecule has 0 radical (unpaired) electrons. The molecule has 0 saturated heterocycles. The van der Waals surface area contributed by atoms with Gasteiger partial charge in [-0.25, -0.2) is 4.85 Å². The molecule has 0 spiro atoms. The van der Waals surface area contributed by atoms with Crippen molar-refractivity contribution in [3.63, 3.8) is 0 Å². The third kappa shape index (κ3) is 14.2. The van der Waals surface area contributed by atoms with Gasteiger partial charge in [0.15, 0.2) is 5.69 Å². The van der Waals surface area contributed by atoms with Crippen molar-refractivity contribution in [3.8, 4) is 79.6 Å². The maximum atomic E-state index is 10.3. The lowest BCUT2D eigenvalue weighted by Crippen LogP contribution is -1.98. The normalized spacial score (nSPS) is 11.1. The number of aromatic nitrogens is 6. The predicted molar refractivity (Wildman–Crippen MR) is 546 cm³/mol. The van der Waals surface area contributed by atoms with Crippen LogP contribution >= 0.6 is 0 Å². The van der Waals surface area contributed by atoms with Crippen molar-refractivity contribution < 1.29 is 0 Å². The van der Waals surface area contributed by atoms with Crippen LogP contribution in [0.2, 0.25) is 0 Å². The molecule has 0 fully saturated rings. The Morgan fingerprint density at radius 3 is 0.853 bits per heavy atom. The highest BCUT2D eigenvalue weighted by Gasteiger charge is 2.23. The number of rotatable bonds is 9. The van der Waals surface area contributed by atoms with E-state index < -0.39 is 0 Å². The van der Waals surface area contributed by atoms with E-state index in [0.29, 0.717) is 16.8 Å². The van der Waals surface area contributed by atoms with E-state index in [1.807, 2.05) is 65.8 Å². The molecule has 0 aliphatic rings. The monoisotopic (exact) mass is 1660 g/mol. The highest BCUT2D eigenvalue weighted by Crippen LogP contribution is 2.44. The van der Waals surface area contributed by atoms with Gasteiger partial charge in [-0.05, 0) is 228 Å². The van der Waals surface area contributed by atoms with Crippen LogP contribution in [0.3, 0.4) is 0 Å². The van der Waals surface area contributed by atoms with Crippen molar-refractivity contribution in [1.82, 2.24) is 27.4 Å². The fraction of sp³-hybridized carbons (Fsp3) is 0.0750. The molecule has 9 nitrogen and oxygen atoms in total. The van der Waals surface area contributed by atoms with E-state index >= 15 is 0 Å². The average molecular weight is 1660 g/mol. The van der Waals surface area contributed by atoms with Crippen molar-refractivity contribution in [2.24, 2.45) is 0 Å². The molecule has 0 unspecified atom stereocenters. The summed E-state index contributed by atoms with van der Waals surface area (Å²) in [5, 5.41) is 35.0. The molecule has 0 N–H and O–H groups in total. The minimum atomic E-state index is 0.649. The van der Waals surface area contributed by atoms with E-state index in [9.17, 15) is 10.5 Å². The zero-order chi connectivity index (χ0) is 88.5. The molecule has 24 rings (SSSR count). The molecule has 18 aromatic carbocycles. The van der Waals surface area contributed by atoms with Crippen molar-refractivity contribution in [1.29, 1.82) is 10.5 Å². The standard InChI is InChI=1S/3C38H25N3.3C2H6/c1-25-9-3-6-12-34(25)41-37-21-17-27(23-32(37)33-24-28(39-2)18-22-38(33)41)26-15-19-29(20-16-26)40-35-13-7-4-10-30(35)31-11-5-8-14-36(31)40;1-25-10-2-6-14-34(25)41-37-17-9-5-13-32(37)33-23-26(18-21-38(33)41)29-20-19-28(22-27(29)24-39)40-35-15-7-3-11-30(35)31-12-4-8-16-36(31)40;1-25-10-2-6-14-33(25)40-37-17-9-5-13-31(37)32-23-27(19-21-38(32)40)26-18-20-34(28(22-26)24-39)41-35-15-7-3-11-29(35)30-12-4-8-16-36(30)41;3*1-2/h3-24H,1H3;2*2-23H,1H3;3*1-2H3. The number of benzene rings is 18. The van der Waals surface area contributed by atoms with Gasteiger partial charge in [0.2, 0.25) is 0 Å². The number of hydrogen-bond acceptors (Lipinski definition) is 2. The topological polar surface area (TPSA) is 81.5 Å². The quantitative estimate of drug-likeness (QED) is 0.135. The zero-order valence-corrected chi connectivity index (χ0v) is 73.6. The van der Waals surface area contributed by atoms with Crippen LogP contribution in [0.1, 0.15) is 69.4 Å². The SMILES string of the molecule is CC.CC.CC.Cc1ccccc1-n1c2ccccc2c2cc(-c3ccc(-n4c5ccccc5c5ccccc54)c(C#N)c3)ccc21.Cc1ccccc1-n1c2ccccc2c2cc(-c3ccc(-n4c5ccccc5c5ccccc54)cc3C#N)ccc21.[C-]#[N+]c1ccc2c(c1)c1cc(-c3ccc(-n4c5ccccc5c5ccccc54)cc3)ccc1n2-c1ccccc1C. The van der Waals surface area contributed by atoms with Crippen LogP contribution in [-0.4, -0.2) is 27.4 Å². The van der Waals surface area contributed by atoms with Crippen LogP contribution in [0.25, 0.3) is 203 Å². The summed E-state index contributed by atoms with van der Waals surface area (Å²) in [7, 11) is 0. The average Bonchev–Trinajstić information content (AvgIpc) is 1.64. The number of para-hydroxylation sites is 11. The first-order valence-electron chi connectivity index (χ1n) is 44.5.